The molecule has 4 aromatic rings. The Bertz CT molecular complexity index is 1610. The molecule has 1 saturated carbocycles. The van der Waals surface area contributed by atoms with Crippen LogP contribution >= 0.6 is 11.3 Å². The summed E-state index contributed by atoms with van der Waals surface area (Å²) in [5, 5.41) is 38.3. The Balaban J connectivity index is 1.32. The second-order valence-corrected chi connectivity index (χ2v) is 13.1. The summed E-state index contributed by atoms with van der Waals surface area (Å²) in [4.78, 5) is 20.5. The van der Waals surface area contributed by atoms with Gasteiger partial charge in [-0.3, -0.25) is 4.98 Å². The van der Waals surface area contributed by atoms with Gasteiger partial charge in [-0.2, -0.15) is 4.98 Å². The first-order chi connectivity index (χ1) is 22.4. The summed E-state index contributed by atoms with van der Waals surface area (Å²) in [5.74, 6) is 0.342. The summed E-state index contributed by atoms with van der Waals surface area (Å²) in [6.45, 7) is 6.35. The molecule has 0 amide bonds. The number of aromatic nitrogens is 4. The number of aliphatic hydroxyl groups excluding tert-OH is 3. The van der Waals surface area contributed by atoms with Crippen LogP contribution < -0.4 is 20.3 Å². The fourth-order valence-corrected chi connectivity index (χ4v) is 6.96. The number of benzene rings is 1. The molecule has 254 valence electrons. The first-order valence-corrected chi connectivity index (χ1v) is 16.3. The van der Waals surface area contributed by atoms with E-state index in [1.54, 1.807) is 24.5 Å². The number of ether oxygens (including phenoxy) is 1. The summed E-state index contributed by atoms with van der Waals surface area (Å²) in [5.41, 5.74) is 2.86. The summed E-state index contributed by atoms with van der Waals surface area (Å²) in [6.07, 6.45) is -1.49. The fourth-order valence-electron chi connectivity index (χ4n) is 5.93. The predicted octanol–water partition coefficient (Wildman–Crippen LogP) is 5.22. The maximum absolute atomic E-state index is 12.6. The zero-order valence-corrected chi connectivity index (χ0v) is 27.4. The van der Waals surface area contributed by atoms with E-state index < -0.39 is 30.5 Å². The van der Waals surface area contributed by atoms with Crippen molar-refractivity contribution in [2.24, 2.45) is 11.8 Å². The molecule has 1 aliphatic carbocycles. The maximum Gasteiger partial charge on any atom is 0.573 e. The monoisotopic (exact) mass is 675 g/mol. The number of aryl methyl sites for hydroxylation is 1. The van der Waals surface area contributed by atoms with E-state index in [0.717, 1.165) is 28.7 Å². The SMILES string of the molecule is CCC(CNc1nc(C)c(-c2nc3cnccc3s2)c(NC2C[C@H](CO)[C@@H](O)[C@H]2O)n1)C[C@@H](C)N(C)c1ccc(OC(F)(F)F)cc1. The molecule has 3 heterocycles. The number of anilines is 3. The van der Waals surface area contributed by atoms with Crippen molar-refractivity contribution >= 4 is 39.0 Å². The van der Waals surface area contributed by atoms with E-state index in [-0.39, 0.29) is 24.3 Å². The van der Waals surface area contributed by atoms with Crippen molar-refractivity contribution < 1.29 is 33.2 Å². The summed E-state index contributed by atoms with van der Waals surface area (Å²) < 4.78 is 42.6. The van der Waals surface area contributed by atoms with Crippen molar-refractivity contribution in [2.45, 2.75) is 70.7 Å². The van der Waals surface area contributed by atoms with Crippen molar-refractivity contribution in [2.75, 3.05) is 35.7 Å². The van der Waals surface area contributed by atoms with Gasteiger partial charge in [0.2, 0.25) is 5.95 Å². The molecule has 0 radical (unpaired) electrons. The third-order valence-electron chi connectivity index (χ3n) is 8.79. The number of nitrogens with one attached hydrogen (secondary N) is 2. The Labute approximate surface area is 274 Å². The van der Waals surface area contributed by atoms with Crippen molar-refractivity contribution in [1.82, 2.24) is 19.9 Å². The highest BCUT2D eigenvalue weighted by Gasteiger charge is 2.41. The third kappa shape index (κ3) is 8.20. The number of alkyl halides is 3. The number of aliphatic hydroxyl groups is 3. The van der Waals surface area contributed by atoms with Gasteiger partial charge in [0.25, 0.3) is 0 Å². The number of fused-ring (bicyclic) bond motifs is 1. The number of thiazole rings is 1. The average molecular weight is 676 g/mol. The highest BCUT2D eigenvalue weighted by atomic mass is 32.1. The summed E-state index contributed by atoms with van der Waals surface area (Å²) in [6, 6.07) is 7.23. The van der Waals surface area contributed by atoms with Gasteiger partial charge in [0.1, 0.15) is 28.2 Å². The van der Waals surface area contributed by atoms with Crippen LogP contribution in [0.2, 0.25) is 0 Å². The molecule has 1 fully saturated rings. The van der Waals surface area contributed by atoms with Gasteiger partial charge < -0.3 is 35.6 Å². The van der Waals surface area contributed by atoms with E-state index in [1.807, 2.05) is 24.9 Å². The minimum atomic E-state index is -4.74. The smallest absolute Gasteiger partial charge is 0.406 e. The molecule has 1 aromatic carbocycles. The van der Waals surface area contributed by atoms with E-state index in [9.17, 15) is 28.5 Å². The minimum Gasteiger partial charge on any atom is -0.406 e. The number of nitrogens with zero attached hydrogens (tertiary/aromatic N) is 5. The van der Waals surface area contributed by atoms with Gasteiger partial charge >= 0.3 is 6.36 Å². The normalized spacial score (nSPS) is 21.1. The van der Waals surface area contributed by atoms with E-state index in [1.165, 1.54) is 23.5 Å². The number of hydrogen-bond acceptors (Lipinski definition) is 12. The van der Waals surface area contributed by atoms with Crippen molar-refractivity contribution in [1.29, 1.82) is 0 Å². The molecular weight excluding hydrogens is 635 g/mol. The lowest BCUT2D eigenvalue weighted by atomic mass is 9.97. The number of halogens is 3. The fraction of sp³-hybridized carbons (Fsp3) is 0.500. The molecule has 0 spiro atoms. The Hall–Kier alpha value is -3.79. The van der Waals surface area contributed by atoms with Crippen molar-refractivity contribution in [3.05, 3.63) is 48.4 Å². The second kappa shape index (κ2) is 14.5. The molecule has 0 bridgehead atoms. The zero-order chi connectivity index (χ0) is 33.9. The molecule has 0 aliphatic heterocycles. The predicted molar refractivity (Wildman–Crippen MR) is 176 cm³/mol. The van der Waals surface area contributed by atoms with E-state index in [4.69, 9.17) is 15.0 Å². The van der Waals surface area contributed by atoms with Crippen LogP contribution in [-0.4, -0.2) is 86.1 Å². The van der Waals surface area contributed by atoms with Gasteiger partial charge in [0.05, 0.1) is 34.3 Å². The largest absolute Gasteiger partial charge is 0.573 e. The van der Waals surface area contributed by atoms with E-state index in [2.05, 4.69) is 34.2 Å². The molecule has 15 heteroatoms. The van der Waals surface area contributed by atoms with Crippen LogP contribution in [0.25, 0.3) is 20.8 Å². The van der Waals surface area contributed by atoms with Gasteiger partial charge in [-0.1, -0.05) is 13.3 Å². The Morgan fingerprint density at radius 2 is 1.85 bits per heavy atom. The van der Waals surface area contributed by atoms with Crippen LogP contribution in [0.1, 0.15) is 38.8 Å². The Morgan fingerprint density at radius 1 is 1.11 bits per heavy atom. The van der Waals surface area contributed by atoms with Gasteiger partial charge in [0.15, 0.2) is 0 Å². The summed E-state index contributed by atoms with van der Waals surface area (Å²) in [7, 11) is 1.90. The van der Waals surface area contributed by atoms with E-state index in [0.29, 0.717) is 41.0 Å². The first-order valence-electron chi connectivity index (χ1n) is 15.5. The van der Waals surface area contributed by atoms with Gasteiger partial charge in [0, 0.05) is 44.0 Å². The molecule has 0 saturated heterocycles. The van der Waals surface area contributed by atoms with Crippen LogP contribution in [0.5, 0.6) is 5.75 Å². The third-order valence-corrected chi connectivity index (χ3v) is 9.85. The molecule has 6 atom stereocenters. The van der Waals surface area contributed by atoms with Crippen LogP contribution in [0.4, 0.5) is 30.6 Å². The number of hydrogen-bond donors (Lipinski definition) is 5. The second-order valence-electron chi connectivity index (χ2n) is 12.0. The van der Waals surface area contributed by atoms with Gasteiger partial charge in [-0.25, -0.2) is 9.97 Å². The van der Waals surface area contributed by atoms with Gasteiger partial charge in [-0.05, 0) is 62.9 Å². The molecule has 47 heavy (non-hydrogen) atoms. The highest BCUT2D eigenvalue weighted by molar-refractivity contribution is 7.21. The topological polar surface area (TPSA) is 149 Å². The zero-order valence-electron chi connectivity index (χ0n) is 26.6. The number of rotatable bonds is 13. The molecular formula is C32H40F3N7O4S. The van der Waals surface area contributed by atoms with Gasteiger partial charge in [-0.15, -0.1) is 24.5 Å². The average Bonchev–Trinajstić information content (AvgIpc) is 3.58. The molecule has 5 rings (SSSR count). The molecule has 2 unspecified atom stereocenters. The highest BCUT2D eigenvalue weighted by Crippen LogP contribution is 2.38. The minimum absolute atomic E-state index is 0.0710. The Morgan fingerprint density at radius 3 is 2.49 bits per heavy atom. The van der Waals surface area contributed by atoms with Crippen LogP contribution in [0.3, 0.4) is 0 Å². The van der Waals surface area contributed by atoms with E-state index >= 15 is 0 Å². The molecule has 11 nitrogen and oxygen atoms in total. The van der Waals surface area contributed by atoms with Crippen LogP contribution in [0, 0.1) is 18.8 Å². The summed E-state index contributed by atoms with van der Waals surface area (Å²) >= 11 is 1.48. The standard InChI is InChI=1S/C32H40F3N7O4S/c1-5-19(12-17(2)42(4)21-6-8-22(9-7-21)46-32(33,34)35)14-37-31-38-18(3)26(30-40-24-15-36-11-10-25(24)47-30)29(41-31)39-23-13-20(16-43)27(44)28(23)45/h6-11,15,17,19-20,23,27-28,43-45H,5,12-14,16H2,1-4H3,(H2,37,38,39,41)/t17-,19?,20-,23?,27-,28+/m1/s1. The maximum atomic E-state index is 12.6. The van der Waals surface area contributed by atoms with Crippen molar-refractivity contribution in [3.63, 3.8) is 0 Å². The first kappa shape index (κ1) is 34.5. The lowest BCUT2D eigenvalue weighted by molar-refractivity contribution is -0.274. The lowest BCUT2D eigenvalue weighted by Gasteiger charge is -2.30. The molecule has 5 N–H and O–H groups in total. The lowest BCUT2D eigenvalue weighted by Crippen LogP contribution is -2.36. The van der Waals surface area contributed by atoms with Crippen molar-refractivity contribution in [3.8, 4) is 16.3 Å². The number of pyridine rings is 1. The quantitative estimate of drug-likeness (QED) is 0.127. The van der Waals surface area contributed by atoms with Crippen LogP contribution in [0.15, 0.2) is 42.7 Å². The molecule has 3 aromatic heterocycles. The van der Waals surface area contributed by atoms with Crippen LogP contribution in [-0.2, 0) is 0 Å². The molecule has 1 aliphatic rings. The Kier molecular flexibility index (Phi) is 10.7.